The van der Waals surface area contributed by atoms with Crippen LogP contribution in [0, 0.1) is 0 Å². The number of nitrogens with zero attached hydrogens (tertiary/aromatic N) is 1. The number of rotatable bonds is 6. The van der Waals surface area contributed by atoms with E-state index < -0.39 is 0 Å². The molecule has 1 N–H and O–H groups in total. The van der Waals surface area contributed by atoms with Gasteiger partial charge in [0.15, 0.2) is 0 Å². The Labute approximate surface area is 136 Å². The molecular weight excluding hydrogens is 304 g/mol. The molecule has 1 aromatic heterocycles. The molecule has 0 spiro atoms. The van der Waals surface area contributed by atoms with Gasteiger partial charge in [-0.05, 0) is 44.4 Å². The molecule has 0 aliphatic carbocycles. The largest absolute Gasteiger partial charge is 0.497 e. The fraction of sp³-hybridized carbons (Fsp3) is 0.312. The van der Waals surface area contributed by atoms with E-state index in [1.54, 1.807) is 31.6 Å². The van der Waals surface area contributed by atoms with Gasteiger partial charge in [-0.1, -0.05) is 6.07 Å². The Hall–Kier alpha value is -1.98. The molecule has 1 heterocycles. The fourth-order valence-electron chi connectivity index (χ4n) is 2.07. The topological polar surface area (TPSA) is 54.7 Å². The molecule has 5 nitrogen and oxygen atoms in total. The predicted octanol–water partition coefficient (Wildman–Crippen LogP) is 2.74. The van der Waals surface area contributed by atoms with E-state index >= 15 is 0 Å². The third kappa shape index (κ3) is 4.51. The van der Waals surface area contributed by atoms with Gasteiger partial charge in [0.05, 0.1) is 19.4 Å². The van der Waals surface area contributed by atoms with Crippen molar-refractivity contribution in [3.05, 3.63) is 54.0 Å². The summed E-state index contributed by atoms with van der Waals surface area (Å²) in [6.07, 6.45) is 1.63. The van der Waals surface area contributed by atoms with Gasteiger partial charge in [0.25, 0.3) is 5.91 Å². The molecule has 2 rings (SSSR count). The van der Waals surface area contributed by atoms with Crippen LogP contribution in [0.4, 0.5) is 0 Å². The Kier molecular flexibility index (Phi) is 6.95. The Morgan fingerprint density at radius 3 is 2.68 bits per heavy atom. The molecule has 22 heavy (non-hydrogen) atoms. The minimum absolute atomic E-state index is 0. The standard InChI is InChI=1S/C16H20N2O3.ClH/c1-18(2)14(15-8-5-9-21-15)11-17-16(19)12-6-4-7-13(10-12)20-3;/h4-10,14H,11H2,1-3H3,(H,17,19);1H. The predicted molar refractivity (Wildman–Crippen MR) is 87.7 cm³/mol. The second-order valence-electron chi connectivity index (χ2n) is 4.94. The van der Waals surface area contributed by atoms with Crippen molar-refractivity contribution in [2.24, 2.45) is 0 Å². The Bertz CT molecular complexity index is 585. The van der Waals surface area contributed by atoms with Crippen LogP contribution in [0.5, 0.6) is 5.75 Å². The van der Waals surface area contributed by atoms with Gasteiger partial charge in [-0.2, -0.15) is 0 Å². The minimum atomic E-state index is -0.132. The average molecular weight is 325 g/mol. The molecular formula is C16H21ClN2O3. The summed E-state index contributed by atoms with van der Waals surface area (Å²) in [6, 6.07) is 10.8. The maximum atomic E-state index is 12.2. The minimum Gasteiger partial charge on any atom is -0.497 e. The summed E-state index contributed by atoms with van der Waals surface area (Å²) < 4.78 is 10.5. The van der Waals surface area contributed by atoms with E-state index in [9.17, 15) is 4.79 Å². The van der Waals surface area contributed by atoms with Gasteiger partial charge in [-0.15, -0.1) is 12.4 Å². The zero-order chi connectivity index (χ0) is 15.2. The number of hydrogen-bond acceptors (Lipinski definition) is 4. The number of hydrogen-bond donors (Lipinski definition) is 1. The van der Waals surface area contributed by atoms with Crippen molar-refractivity contribution in [1.82, 2.24) is 10.2 Å². The van der Waals surface area contributed by atoms with E-state index in [2.05, 4.69) is 5.32 Å². The highest BCUT2D eigenvalue weighted by atomic mass is 35.5. The van der Waals surface area contributed by atoms with Crippen LogP contribution in [-0.4, -0.2) is 38.6 Å². The van der Waals surface area contributed by atoms with Crippen molar-refractivity contribution in [3.8, 4) is 5.75 Å². The lowest BCUT2D eigenvalue weighted by atomic mass is 10.1. The van der Waals surface area contributed by atoms with E-state index in [4.69, 9.17) is 9.15 Å². The highest BCUT2D eigenvalue weighted by Crippen LogP contribution is 2.18. The lowest BCUT2D eigenvalue weighted by molar-refractivity contribution is 0.0938. The molecule has 1 amide bonds. The second-order valence-corrected chi connectivity index (χ2v) is 4.94. The third-order valence-electron chi connectivity index (χ3n) is 3.28. The second kappa shape index (κ2) is 8.46. The van der Waals surface area contributed by atoms with Gasteiger partial charge in [0.2, 0.25) is 0 Å². The number of likely N-dealkylation sites (N-methyl/N-ethyl adjacent to an activating group) is 1. The molecule has 0 aliphatic rings. The van der Waals surface area contributed by atoms with Crippen molar-refractivity contribution in [2.45, 2.75) is 6.04 Å². The molecule has 1 atom stereocenters. The Morgan fingerprint density at radius 2 is 2.09 bits per heavy atom. The normalized spacial score (nSPS) is 11.6. The molecule has 0 aliphatic heterocycles. The molecule has 120 valence electrons. The van der Waals surface area contributed by atoms with Gasteiger partial charge in [-0.25, -0.2) is 0 Å². The maximum absolute atomic E-state index is 12.2. The third-order valence-corrected chi connectivity index (χ3v) is 3.28. The van der Waals surface area contributed by atoms with Crippen LogP contribution in [-0.2, 0) is 0 Å². The summed E-state index contributed by atoms with van der Waals surface area (Å²) in [5.74, 6) is 1.36. The molecule has 0 bridgehead atoms. The van der Waals surface area contributed by atoms with Crippen molar-refractivity contribution in [3.63, 3.8) is 0 Å². The van der Waals surface area contributed by atoms with Crippen LogP contribution >= 0.6 is 12.4 Å². The van der Waals surface area contributed by atoms with E-state index in [0.717, 1.165) is 5.76 Å². The first-order valence-corrected chi connectivity index (χ1v) is 6.74. The number of nitrogens with one attached hydrogen (secondary N) is 1. The van der Waals surface area contributed by atoms with Crippen molar-refractivity contribution in [1.29, 1.82) is 0 Å². The zero-order valence-electron chi connectivity index (χ0n) is 12.9. The van der Waals surface area contributed by atoms with Gasteiger partial charge in [-0.3, -0.25) is 9.69 Å². The van der Waals surface area contributed by atoms with Gasteiger partial charge in [0.1, 0.15) is 11.5 Å². The summed E-state index contributed by atoms with van der Waals surface area (Å²) in [5.41, 5.74) is 0.575. The van der Waals surface area contributed by atoms with E-state index in [1.165, 1.54) is 0 Å². The number of methoxy groups -OCH3 is 1. The fourth-order valence-corrected chi connectivity index (χ4v) is 2.07. The maximum Gasteiger partial charge on any atom is 0.251 e. The van der Waals surface area contributed by atoms with Crippen LogP contribution < -0.4 is 10.1 Å². The lowest BCUT2D eigenvalue weighted by Crippen LogP contribution is -2.34. The van der Waals surface area contributed by atoms with Crippen LogP contribution in [0.25, 0.3) is 0 Å². The lowest BCUT2D eigenvalue weighted by Gasteiger charge is -2.22. The van der Waals surface area contributed by atoms with Crippen molar-refractivity contribution >= 4 is 18.3 Å². The molecule has 0 radical (unpaired) electrons. The molecule has 0 fully saturated rings. The van der Waals surface area contributed by atoms with E-state index in [-0.39, 0.29) is 24.4 Å². The van der Waals surface area contributed by atoms with Crippen molar-refractivity contribution in [2.75, 3.05) is 27.7 Å². The van der Waals surface area contributed by atoms with Crippen LogP contribution in [0.2, 0.25) is 0 Å². The Balaban J connectivity index is 0.00000242. The smallest absolute Gasteiger partial charge is 0.251 e. The number of ether oxygens (including phenoxy) is 1. The monoisotopic (exact) mass is 324 g/mol. The summed E-state index contributed by atoms with van der Waals surface area (Å²) in [5, 5.41) is 2.92. The first-order chi connectivity index (χ1) is 10.1. The number of carbonyl (C=O) groups is 1. The molecule has 6 heteroatoms. The number of amides is 1. The molecule has 2 aromatic rings. The highest BCUT2D eigenvalue weighted by molar-refractivity contribution is 5.94. The van der Waals surface area contributed by atoms with Gasteiger partial charge in [0, 0.05) is 12.1 Å². The molecule has 0 saturated carbocycles. The van der Waals surface area contributed by atoms with Crippen LogP contribution in [0.15, 0.2) is 47.1 Å². The molecule has 1 aromatic carbocycles. The SMILES string of the molecule is COc1cccc(C(=O)NCC(c2ccco2)N(C)C)c1.Cl. The zero-order valence-corrected chi connectivity index (χ0v) is 13.7. The van der Waals surface area contributed by atoms with Crippen molar-refractivity contribution < 1.29 is 13.9 Å². The van der Waals surface area contributed by atoms with E-state index in [1.807, 2.05) is 37.2 Å². The first-order valence-electron chi connectivity index (χ1n) is 6.74. The molecule has 0 saturated heterocycles. The number of halogens is 1. The quantitative estimate of drug-likeness (QED) is 0.887. The first kappa shape index (κ1) is 18.1. The number of benzene rings is 1. The van der Waals surface area contributed by atoms with Gasteiger partial charge < -0.3 is 14.5 Å². The highest BCUT2D eigenvalue weighted by Gasteiger charge is 2.18. The number of furan rings is 1. The average Bonchev–Trinajstić information content (AvgIpc) is 3.01. The Morgan fingerprint density at radius 1 is 1.32 bits per heavy atom. The summed E-state index contributed by atoms with van der Waals surface area (Å²) in [6.45, 7) is 0.469. The number of carbonyl (C=O) groups excluding carboxylic acids is 1. The summed E-state index contributed by atoms with van der Waals surface area (Å²) in [4.78, 5) is 14.2. The van der Waals surface area contributed by atoms with E-state index in [0.29, 0.717) is 17.9 Å². The van der Waals surface area contributed by atoms with Gasteiger partial charge >= 0.3 is 0 Å². The van der Waals surface area contributed by atoms with Crippen LogP contribution in [0.1, 0.15) is 22.2 Å². The summed E-state index contributed by atoms with van der Waals surface area (Å²) >= 11 is 0. The molecule has 1 unspecified atom stereocenters. The summed E-state index contributed by atoms with van der Waals surface area (Å²) in [7, 11) is 5.48. The van der Waals surface area contributed by atoms with Crippen LogP contribution in [0.3, 0.4) is 0 Å².